The first-order valence-electron chi connectivity index (χ1n) is 3.69. The Morgan fingerprint density at radius 3 is 2.77 bits per heavy atom. The monoisotopic (exact) mass is 262 g/mol. The van der Waals surface area contributed by atoms with Crippen molar-refractivity contribution in [2.45, 2.75) is 11.8 Å². The number of carbonyl (C=O) groups is 1. The average molecular weight is 264 g/mol. The zero-order valence-corrected chi connectivity index (χ0v) is 9.10. The number of carboxylic acids is 1. The minimum Gasteiger partial charge on any atom is -0.481 e. The maximum atomic E-state index is 10.5. The van der Waals surface area contributed by atoms with Gasteiger partial charge in [0.25, 0.3) is 0 Å². The van der Waals surface area contributed by atoms with Crippen molar-refractivity contribution in [2.75, 3.05) is 0 Å². The van der Waals surface area contributed by atoms with Gasteiger partial charge in [-0.3, -0.25) is 4.79 Å². The topological polar surface area (TPSA) is 37.3 Å². The first kappa shape index (κ1) is 10.5. The molecule has 0 saturated carbocycles. The summed E-state index contributed by atoms with van der Waals surface area (Å²) in [5.74, 6) is -0.865. The predicted octanol–water partition coefficient (Wildman–Crippen LogP) is 2.86. The fourth-order valence-corrected chi connectivity index (χ4v) is 1.86. The second-order valence-corrected chi connectivity index (χ2v) is 3.55. The molecule has 0 aliphatic heterocycles. The van der Waals surface area contributed by atoms with Gasteiger partial charge in [0.15, 0.2) is 0 Å². The summed E-state index contributed by atoms with van der Waals surface area (Å²) in [5.41, 5.74) is 1.61. The van der Waals surface area contributed by atoms with Crippen molar-refractivity contribution >= 4 is 33.5 Å². The van der Waals surface area contributed by atoms with Crippen LogP contribution in [0.4, 0.5) is 0 Å². The van der Waals surface area contributed by atoms with E-state index in [0.717, 1.165) is 5.56 Å². The molecule has 4 heteroatoms. The maximum Gasteiger partial charge on any atom is 0.307 e. The van der Waals surface area contributed by atoms with Crippen LogP contribution in [0.5, 0.6) is 0 Å². The van der Waals surface area contributed by atoms with Crippen LogP contribution in [0.25, 0.3) is 0 Å². The molecule has 2 nitrogen and oxygen atoms in total. The second-order valence-electron chi connectivity index (χ2n) is 2.58. The van der Waals surface area contributed by atoms with Gasteiger partial charge in [0.05, 0.1) is 6.42 Å². The quantitative estimate of drug-likeness (QED) is 0.852. The lowest BCUT2D eigenvalue weighted by molar-refractivity contribution is -0.136. The van der Waals surface area contributed by atoms with Gasteiger partial charge in [0, 0.05) is 10.4 Å². The highest BCUT2D eigenvalue weighted by atomic mass is 79.9. The van der Waals surface area contributed by atoms with E-state index in [-0.39, 0.29) is 6.42 Å². The molecule has 0 unspecified atom stereocenters. The molecule has 1 aromatic rings. The number of hydrogen-bond acceptors (Lipinski definition) is 1. The Kier molecular flexibility index (Phi) is 3.75. The van der Waals surface area contributed by atoms with Gasteiger partial charge in [-0.2, -0.15) is 0 Å². The molecule has 0 spiro atoms. The van der Waals surface area contributed by atoms with Gasteiger partial charge in [0.2, 0.25) is 0 Å². The molecule has 1 rings (SSSR count). The summed E-state index contributed by atoms with van der Waals surface area (Å²) >= 11 is 9.15. The van der Waals surface area contributed by atoms with Crippen molar-refractivity contribution in [3.63, 3.8) is 0 Å². The first-order valence-corrected chi connectivity index (χ1v) is 5.19. The lowest BCUT2D eigenvalue weighted by Crippen LogP contribution is -2.03. The molecule has 0 saturated heterocycles. The van der Waals surface area contributed by atoms with Gasteiger partial charge in [-0.15, -0.1) is 0 Å². The van der Waals surface area contributed by atoms with E-state index in [2.05, 4.69) is 15.9 Å². The molecule has 0 aliphatic rings. The number of carboxylic acid groups (broad SMARTS) is 1. The van der Waals surface area contributed by atoms with Crippen molar-refractivity contribution in [1.82, 2.24) is 0 Å². The molecule has 0 atom stereocenters. The van der Waals surface area contributed by atoms with Crippen LogP contribution in [0.15, 0.2) is 18.2 Å². The van der Waals surface area contributed by atoms with Crippen LogP contribution in [-0.4, -0.2) is 11.1 Å². The van der Waals surface area contributed by atoms with E-state index in [1.165, 1.54) is 0 Å². The summed E-state index contributed by atoms with van der Waals surface area (Å²) in [7, 11) is 0. The summed E-state index contributed by atoms with van der Waals surface area (Å²) < 4.78 is 0. The molecule has 1 N–H and O–H groups in total. The van der Waals surface area contributed by atoms with Gasteiger partial charge in [-0.25, -0.2) is 0 Å². The smallest absolute Gasteiger partial charge is 0.307 e. The van der Waals surface area contributed by atoms with Crippen molar-refractivity contribution in [3.05, 3.63) is 34.3 Å². The SMILES string of the molecule is O=C(O)Cc1c(Cl)cccc1CBr. The molecule has 0 aliphatic carbocycles. The largest absolute Gasteiger partial charge is 0.481 e. The van der Waals surface area contributed by atoms with E-state index in [9.17, 15) is 4.79 Å². The molecule has 13 heavy (non-hydrogen) atoms. The number of benzene rings is 1. The molecule has 0 bridgehead atoms. The summed E-state index contributed by atoms with van der Waals surface area (Å²) in [5, 5.41) is 9.77. The molecule has 70 valence electrons. The van der Waals surface area contributed by atoms with Crippen molar-refractivity contribution < 1.29 is 9.90 Å². The van der Waals surface area contributed by atoms with Gasteiger partial charge in [0.1, 0.15) is 0 Å². The molecule has 0 radical (unpaired) electrons. The minimum atomic E-state index is -0.865. The zero-order chi connectivity index (χ0) is 9.84. The van der Waals surface area contributed by atoms with E-state index in [1.807, 2.05) is 12.1 Å². The van der Waals surface area contributed by atoms with E-state index in [1.54, 1.807) is 6.07 Å². The van der Waals surface area contributed by atoms with Crippen LogP contribution < -0.4 is 0 Å². The normalized spacial score (nSPS) is 10.0. The Balaban J connectivity index is 3.07. The fraction of sp³-hybridized carbons (Fsp3) is 0.222. The third-order valence-corrected chi connectivity index (χ3v) is 2.65. The fourth-order valence-electron chi connectivity index (χ4n) is 1.08. The number of rotatable bonds is 3. The maximum absolute atomic E-state index is 10.5. The lowest BCUT2D eigenvalue weighted by Gasteiger charge is -2.06. The highest BCUT2D eigenvalue weighted by molar-refractivity contribution is 9.08. The number of aliphatic carboxylic acids is 1. The van der Waals surface area contributed by atoms with Crippen molar-refractivity contribution in [3.8, 4) is 0 Å². The highest BCUT2D eigenvalue weighted by Gasteiger charge is 2.09. The Hall–Kier alpha value is -0.540. The predicted molar refractivity (Wildman–Crippen MR) is 55.4 cm³/mol. The van der Waals surface area contributed by atoms with Crippen LogP contribution in [0.1, 0.15) is 11.1 Å². The summed E-state index contributed by atoms with van der Waals surface area (Å²) in [6.07, 6.45) is -0.0272. The number of halogens is 2. The molecule has 1 aromatic carbocycles. The third-order valence-electron chi connectivity index (χ3n) is 1.69. The average Bonchev–Trinajstić information content (AvgIpc) is 2.08. The first-order chi connectivity index (χ1) is 6.15. The highest BCUT2D eigenvalue weighted by Crippen LogP contribution is 2.22. The summed E-state index contributed by atoms with van der Waals surface area (Å²) in [6.45, 7) is 0. The van der Waals surface area contributed by atoms with Gasteiger partial charge >= 0.3 is 5.97 Å². The lowest BCUT2D eigenvalue weighted by atomic mass is 10.1. The molecule has 0 fully saturated rings. The molecular weight excluding hydrogens is 255 g/mol. The summed E-state index contributed by atoms with van der Waals surface area (Å²) in [4.78, 5) is 10.5. The van der Waals surface area contributed by atoms with Crippen LogP contribution in [0.2, 0.25) is 5.02 Å². The van der Waals surface area contributed by atoms with E-state index in [0.29, 0.717) is 15.9 Å². The minimum absolute atomic E-state index is 0.0272. The Morgan fingerprint density at radius 2 is 2.23 bits per heavy atom. The zero-order valence-electron chi connectivity index (χ0n) is 6.76. The number of alkyl halides is 1. The summed E-state index contributed by atoms with van der Waals surface area (Å²) in [6, 6.07) is 5.37. The van der Waals surface area contributed by atoms with Gasteiger partial charge in [-0.1, -0.05) is 39.7 Å². The third kappa shape index (κ3) is 2.71. The van der Waals surface area contributed by atoms with E-state index in [4.69, 9.17) is 16.7 Å². The van der Waals surface area contributed by atoms with Crippen LogP contribution >= 0.6 is 27.5 Å². The van der Waals surface area contributed by atoms with Crippen LogP contribution in [0.3, 0.4) is 0 Å². The van der Waals surface area contributed by atoms with Crippen LogP contribution in [0, 0.1) is 0 Å². The Labute approximate surface area is 89.7 Å². The van der Waals surface area contributed by atoms with E-state index >= 15 is 0 Å². The molecule has 0 amide bonds. The van der Waals surface area contributed by atoms with Crippen molar-refractivity contribution in [2.24, 2.45) is 0 Å². The van der Waals surface area contributed by atoms with Gasteiger partial charge in [-0.05, 0) is 17.2 Å². The molecule has 0 heterocycles. The number of hydrogen-bond donors (Lipinski definition) is 1. The molecule has 0 aromatic heterocycles. The molecular formula is C9H8BrClO2. The Bertz CT molecular complexity index is 325. The Morgan fingerprint density at radius 1 is 1.54 bits per heavy atom. The standard InChI is InChI=1S/C9H8BrClO2/c10-5-6-2-1-3-8(11)7(6)4-9(12)13/h1-3H,4-5H2,(H,12,13). The van der Waals surface area contributed by atoms with E-state index < -0.39 is 5.97 Å². The second kappa shape index (κ2) is 4.63. The van der Waals surface area contributed by atoms with Gasteiger partial charge < -0.3 is 5.11 Å². The van der Waals surface area contributed by atoms with Crippen molar-refractivity contribution in [1.29, 1.82) is 0 Å². The van der Waals surface area contributed by atoms with Crippen LogP contribution in [-0.2, 0) is 16.5 Å².